The van der Waals surface area contributed by atoms with Crippen molar-refractivity contribution in [3.05, 3.63) is 0 Å². The summed E-state index contributed by atoms with van der Waals surface area (Å²) < 4.78 is 4.90. The second-order valence-electron chi connectivity index (χ2n) is 4.49. The number of ether oxygens (including phenoxy) is 1. The molecule has 1 aliphatic carbocycles. The summed E-state index contributed by atoms with van der Waals surface area (Å²) in [6.07, 6.45) is 5.19. The molecule has 17 heavy (non-hydrogen) atoms. The van der Waals surface area contributed by atoms with Crippen LogP contribution in [0.5, 0.6) is 0 Å². The van der Waals surface area contributed by atoms with Crippen LogP contribution in [0.15, 0.2) is 0 Å². The summed E-state index contributed by atoms with van der Waals surface area (Å²) in [4.78, 5) is 34.0. The van der Waals surface area contributed by atoms with Gasteiger partial charge in [0.05, 0.1) is 0 Å². The summed E-state index contributed by atoms with van der Waals surface area (Å²) in [5, 5.41) is 0. The first kappa shape index (κ1) is 13.9. The van der Waals surface area contributed by atoms with Gasteiger partial charge in [-0.25, -0.2) is 4.79 Å². The molecule has 1 unspecified atom stereocenters. The van der Waals surface area contributed by atoms with Gasteiger partial charge in [0, 0.05) is 12.8 Å². The molecule has 4 heteroatoms. The first-order chi connectivity index (χ1) is 8.15. The zero-order valence-electron chi connectivity index (χ0n) is 10.4. The molecule has 0 N–H and O–H groups in total. The molecule has 0 saturated heterocycles. The number of rotatable bonds is 7. The number of esters is 1. The highest BCUT2D eigenvalue weighted by molar-refractivity contribution is 6.33. The van der Waals surface area contributed by atoms with E-state index in [1.54, 1.807) is 0 Å². The Hall–Kier alpha value is -1.19. The summed E-state index contributed by atoms with van der Waals surface area (Å²) >= 11 is 0. The zero-order chi connectivity index (χ0) is 12.7. The van der Waals surface area contributed by atoms with Gasteiger partial charge in [0.15, 0.2) is 11.9 Å². The Morgan fingerprint density at radius 2 is 2.06 bits per heavy atom. The molecule has 0 aliphatic heterocycles. The molecule has 1 fully saturated rings. The molecule has 96 valence electrons. The van der Waals surface area contributed by atoms with E-state index in [1.165, 1.54) is 0 Å². The van der Waals surface area contributed by atoms with Crippen molar-refractivity contribution < 1.29 is 19.1 Å². The Bertz CT molecular complexity index is 296. The van der Waals surface area contributed by atoms with E-state index in [9.17, 15) is 14.4 Å². The average molecular weight is 240 g/mol. The molecular formula is C13H20O4. The van der Waals surface area contributed by atoms with E-state index in [1.807, 2.05) is 0 Å². The number of hydrogen-bond donors (Lipinski definition) is 0. The van der Waals surface area contributed by atoms with E-state index >= 15 is 0 Å². The van der Waals surface area contributed by atoms with Crippen LogP contribution in [0.1, 0.15) is 58.3 Å². The molecule has 1 saturated carbocycles. The highest BCUT2D eigenvalue weighted by Crippen LogP contribution is 2.18. The fourth-order valence-corrected chi connectivity index (χ4v) is 1.92. The van der Waals surface area contributed by atoms with Crippen molar-refractivity contribution in [3.8, 4) is 0 Å². The molecular weight excluding hydrogens is 220 g/mol. The lowest BCUT2D eigenvalue weighted by Gasteiger charge is -2.09. The Morgan fingerprint density at radius 1 is 1.29 bits per heavy atom. The topological polar surface area (TPSA) is 60.4 Å². The molecule has 0 aromatic carbocycles. The Labute approximate surface area is 102 Å². The van der Waals surface area contributed by atoms with Gasteiger partial charge in [-0.1, -0.05) is 26.2 Å². The Kier molecular flexibility index (Phi) is 5.87. The minimum atomic E-state index is -0.832. The zero-order valence-corrected chi connectivity index (χ0v) is 10.4. The molecule has 0 aromatic heterocycles. The van der Waals surface area contributed by atoms with Crippen LogP contribution >= 0.6 is 0 Å². The standard InChI is InChI=1S/C13H20O4/c1-2-3-4-5-7-11(15)13(16)17-12-9-6-8-10(12)14/h12H,2-9H2,1H3. The number of unbranched alkanes of at least 4 members (excludes halogenated alkanes) is 3. The molecule has 0 amide bonds. The molecule has 0 aromatic rings. The van der Waals surface area contributed by atoms with Gasteiger partial charge in [-0.15, -0.1) is 0 Å². The van der Waals surface area contributed by atoms with Gasteiger partial charge in [0.25, 0.3) is 0 Å². The first-order valence-corrected chi connectivity index (χ1v) is 6.41. The van der Waals surface area contributed by atoms with Crippen molar-refractivity contribution in [2.24, 2.45) is 0 Å². The Balaban J connectivity index is 2.22. The summed E-state index contributed by atoms with van der Waals surface area (Å²) in [6.45, 7) is 2.09. The quantitative estimate of drug-likeness (QED) is 0.389. The molecule has 0 bridgehead atoms. The summed E-state index contributed by atoms with van der Waals surface area (Å²) in [6, 6.07) is 0. The molecule has 0 spiro atoms. The van der Waals surface area contributed by atoms with Crippen molar-refractivity contribution in [3.63, 3.8) is 0 Å². The van der Waals surface area contributed by atoms with Crippen LogP contribution < -0.4 is 0 Å². The predicted octanol–water partition coefficient (Wildman–Crippen LogP) is 2.19. The van der Waals surface area contributed by atoms with E-state index in [0.717, 1.165) is 32.1 Å². The van der Waals surface area contributed by atoms with Crippen LogP contribution in [-0.4, -0.2) is 23.6 Å². The third-order valence-corrected chi connectivity index (χ3v) is 2.98. The van der Waals surface area contributed by atoms with Crippen LogP contribution in [0, 0.1) is 0 Å². The third-order valence-electron chi connectivity index (χ3n) is 2.98. The second kappa shape index (κ2) is 7.20. The van der Waals surface area contributed by atoms with Crippen molar-refractivity contribution >= 4 is 17.5 Å². The number of carbonyl (C=O) groups excluding carboxylic acids is 3. The van der Waals surface area contributed by atoms with Gasteiger partial charge in [-0.2, -0.15) is 0 Å². The minimum absolute atomic E-state index is 0.0582. The maximum atomic E-state index is 11.4. The van der Waals surface area contributed by atoms with Crippen molar-refractivity contribution in [2.45, 2.75) is 64.4 Å². The van der Waals surface area contributed by atoms with E-state index in [2.05, 4.69) is 6.92 Å². The predicted molar refractivity (Wildman–Crippen MR) is 62.5 cm³/mol. The largest absolute Gasteiger partial charge is 0.449 e. The van der Waals surface area contributed by atoms with Crippen LogP contribution in [0.3, 0.4) is 0 Å². The van der Waals surface area contributed by atoms with E-state index in [-0.39, 0.29) is 12.2 Å². The third kappa shape index (κ3) is 4.67. The maximum Gasteiger partial charge on any atom is 0.375 e. The summed E-state index contributed by atoms with van der Waals surface area (Å²) in [7, 11) is 0. The van der Waals surface area contributed by atoms with Crippen LogP contribution in [0.4, 0.5) is 0 Å². The molecule has 1 aliphatic rings. The molecule has 1 rings (SSSR count). The monoisotopic (exact) mass is 240 g/mol. The van der Waals surface area contributed by atoms with E-state index in [0.29, 0.717) is 12.8 Å². The van der Waals surface area contributed by atoms with E-state index in [4.69, 9.17) is 4.74 Å². The van der Waals surface area contributed by atoms with Gasteiger partial charge < -0.3 is 4.74 Å². The number of Topliss-reactive ketones (excluding diaryl/α,β-unsaturated/α-hetero) is 2. The van der Waals surface area contributed by atoms with E-state index < -0.39 is 17.9 Å². The molecule has 1 atom stereocenters. The molecule has 0 radical (unpaired) electrons. The fourth-order valence-electron chi connectivity index (χ4n) is 1.92. The normalized spacial score (nSPS) is 19.4. The lowest BCUT2D eigenvalue weighted by Crippen LogP contribution is -2.26. The van der Waals surface area contributed by atoms with Crippen LogP contribution in [-0.2, 0) is 19.1 Å². The average Bonchev–Trinajstić information content (AvgIpc) is 2.70. The lowest BCUT2D eigenvalue weighted by molar-refractivity contribution is -0.160. The fraction of sp³-hybridized carbons (Fsp3) is 0.769. The van der Waals surface area contributed by atoms with Crippen molar-refractivity contribution in [1.82, 2.24) is 0 Å². The smallest absolute Gasteiger partial charge is 0.375 e. The van der Waals surface area contributed by atoms with Gasteiger partial charge in [-0.3, -0.25) is 9.59 Å². The van der Waals surface area contributed by atoms with Crippen LogP contribution in [0.25, 0.3) is 0 Å². The highest BCUT2D eigenvalue weighted by Gasteiger charge is 2.29. The summed E-state index contributed by atoms with van der Waals surface area (Å²) in [5.74, 6) is -1.39. The summed E-state index contributed by atoms with van der Waals surface area (Å²) in [5.41, 5.74) is 0. The molecule has 4 nitrogen and oxygen atoms in total. The molecule has 0 heterocycles. The van der Waals surface area contributed by atoms with Crippen molar-refractivity contribution in [2.75, 3.05) is 0 Å². The lowest BCUT2D eigenvalue weighted by atomic mass is 10.1. The van der Waals surface area contributed by atoms with Gasteiger partial charge in [0.1, 0.15) is 0 Å². The highest BCUT2D eigenvalue weighted by atomic mass is 16.6. The minimum Gasteiger partial charge on any atom is -0.449 e. The van der Waals surface area contributed by atoms with Gasteiger partial charge in [-0.05, 0) is 19.3 Å². The van der Waals surface area contributed by atoms with Gasteiger partial charge >= 0.3 is 5.97 Å². The Morgan fingerprint density at radius 3 is 2.65 bits per heavy atom. The van der Waals surface area contributed by atoms with Gasteiger partial charge in [0.2, 0.25) is 5.78 Å². The number of ketones is 2. The number of carbonyl (C=O) groups is 3. The SMILES string of the molecule is CCCCCCC(=O)C(=O)OC1CCCC1=O. The van der Waals surface area contributed by atoms with Crippen LogP contribution in [0.2, 0.25) is 0 Å². The maximum absolute atomic E-state index is 11.4. The first-order valence-electron chi connectivity index (χ1n) is 6.41. The van der Waals surface area contributed by atoms with Crippen molar-refractivity contribution in [1.29, 1.82) is 0 Å². The second-order valence-corrected chi connectivity index (χ2v) is 4.49. The number of hydrogen-bond acceptors (Lipinski definition) is 4.